The lowest BCUT2D eigenvalue weighted by Gasteiger charge is -2.30. The Labute approximate surface area is 197 Å². The Morgan fingerprint density at radius 3 is 2.38 bits per heavy atom. The van der Waals surface area contributed by atoms with Crippen molar-refractivity contribution >= 4 is 27.6 Å². The maximum atomic E-state index is 13.7. The summed E-state index contributed by atoms with van der Waals surface area (Å²) in [6.07, 6.45) is 2.09. The van der Waals surface area contributed by atoms with Crippen LogP contribution in [-0.4, -0.2) is 43.8 Å². The van der Waals surface area contributed by atoms with Crippen LogP contribution in [0.2, 0.25) is 0 Å². The number of halogens is 2. The zero-order valence-corrected chi connectivity index (χ0v) is 19.5. The third-order valence-corrected chi connectivity index (χ3v) is 8.26. The number of amides is 1. The number of hydrogen-bond donors (Lipinski definition) is 1. The second kappa shape index (κ2) is 9.79. The molecule has 1 atom stereocenters. The molecule has 7 nitrogen and oxygen atoms in total. The molecule has 10 heteroatoms. The summed E-state index contributed by atoms with van der Waals surface area (Å²) in [4.78, 5) is 25.0. The largest absolute Gasteiger partial charge is 0.452 e. The molecule has 1 aliphatic carbocycles. The van der Waals surface area contributed by atoms with E-state index >= 15 is 0 Å². The number of aryl methyl sites for hydroxylation is 2. The van der Waals surface area contributed by atoms with Gasteiger partial charge in [-0.25, -0.2) is 17.2 Å². The molecule has 0 bridgehead atoms. The Morgan fingerprint density at radius 1 is 1.06 bits per heavy atom. The first-order valence-electron chi connectivity index (χ1n) is 11.2. The Balaban J connectivity index is 1.32. The van der Waals surface area contributed by atoms with Gasteiger partial charge in [-0.05, 0) is 74.4 Å². The van der Waals surface area contributed by atoms with E-state index in [0.29, 0.717) is 0 Å². The molecule has 1 heterocycles. The highest BCUT2D eigenvalue weighted by Gasteiger charge is 2.34. The van der Waals surface area contributed by atoms with E-state index in [1.165, 1.54) is 22.9 Å². The van der Waals surface area contributed by atoms with Crippen LogP contribution < -0.4 is 5.32 Å². The third kappa shape index (κ3) is 4.97. The van der Waals surface area contributed by atoms with Gasteiger partial charge >= 0.3 is 5.97 Å². The maximum Gasteiger partial charge on any atom is 0.309 e. The lowest BCUT2D eigenvalue weighted by molar-refractivity contribution is -0.158. The lowest BCUT2D eigenvalue weighted by Crippen LogP contribution is -2.41. The van der Waals surface area contributed by atoms with Crippen LogP contribution in [0.25, 0.3) is 0 Å². The molecular weight excluding hydrogens is 466 g/mol. The zero-order chi connectivity index (χ0) is 24.5. The summed E-state index contributed by atoms with van der Waals surface area (Å²) < 4.78 is 60.1. The molecular formula is C24H26F2N2O5S. The first-order valence-corrected chi connectivity index (χ1v) is 12.7. The van der Waals surface area contributed by atoms with E-state index < -0.39 is 51.2 Å². The van der Waals surface area contributed by atoms with Gasteiger partial charge < -0.3 is 10.1 Å². The number of anilines is 1. The van der Waals surface area contributed by atoms with Crippen molar-refractivity contribution in [3.63, 3.8) is 0 Å². The molecule has 182 valence electrons. The van der Waals surface area contributed by atoms with Gasteiger partial charge in [0, 0.05) is 13.1 Å². The molecule has 0 spiro atoms. The minimum Gasteiger partial charge on any atom is -0.452 e. The van der Waals surface area contributed by atoms with Crippen molar-refractivity contribution < 1.29 is 31.5 Å². The Bertz CT molecular complexity index is 1190. The van der Waals surface area contributed by atoms with Crippen molar-refractivity contribution in [1.82, 2.24) is 4.31 Å². The normalized spacial score (nSPS) is 17.7. The second-order valence-corrected chi connectivity index (χ2v) is 10.6. The van der Waals surface area contributed by atoms with Gasteiger partial charge in [0.2, 0.25) is 10.0 Å². The number of ether oxygens (including phenoxy) is 1. The maximum absolute atomic E-state index is 13.7. The van der Waals surface area contributed by atoms with Crippen molar-refractivity contribution in [3.05, 3.63) is 59.2 Å². The lowest BCUT2D eigenvalue weighted by atomic mass is 9.98. The number of piperidine rings is 1. The minimum atomic E-state index is -3.67. The van der Waals surface area contributed by atoms with Crippen LogP contribution in [0.4, 0.5) is 14.5 Å². The summed E-state index contributed by atoms with van der Waals surface area (Å²) in [6, 6.07) is 8.43. The highest BCUT2D eigenvalue weighted by Crippen LogP contribution is 2.29. The molecule has 1 aliphatic heterocycles. The quantitative estimate of drug-likeness (QED) is 0.624. The number of sulfonamides is 1. The SMILES string of the molecule is CC(OC(=O)C1CCN(S(=O)(=O)c2ccc3c(c2)CCC3)CC1)C(=O)Nc1c(F)cccc1F. The molecule has 34 heavy (non-hydrogen) atoms. The topological polar surface area (TPSA) is 92.8 Å². The number of hydrogen-bond acceptors (Lipinski definition) is 5. The summed E-state index contributed by atoms with van der Waals surface area (Å²) in [5.41, 5.74) is 1.65. The number of esters is 1. The number of para-hydroxylation sites is 1. The van der Waals surface area contributed by atoms with Crippen molar-refractivity contribution in [3.8, 4) is 0 Å². The van der Waals surface area contributed by atoms with Crippen LogP contribution in [-0.2, 0) is 37.2 Å². The molecule has 0 radical (unpaired) electrons. The highest BCUT2D eigenvalue weighted by molar-refractivity contribution is 7.89. The first kappa shape index (κ1) is 24.3. The molecule has 2 aromatic rings. The van der Waals surface area contributed by atoms with Crippen molar-refractivity contribution in [2.24, 2.45) is 5.92 Å². The Morgan fingerprint density at radius 2 is 1.71 bits per heavy atom. The van der Waals surface area contributed by atoms with E-state index in [9.17, 15) is 26.8 Å². The van der Waals surface area contributed by atoms with Gasteiger partial charge in [0.05, 0.1) is 10.8 Å². The van der Waals surface area contributed by atoms with Gasteiger partial charge in [-0.2, -0.15) is 4.31 Å². The highest BCUT2D eigenvalue weighted by atomic mass is 32.2. The van der Waals surface area contributed by atoms with E-state index in [0.717, 1.165) is 37.0 Å². The van der Waals surface area contributed by atoms with E-state index in [2.05, 4.69) is 5.32 Å². The van der Waals surface area contributed by atoms with Gasteiger partial charge in [0.15, 0.2) is 6.10 Å². The van der Waals surface area contributed by atoms with Crippen molar-refractivity contribution in [1.29, 1.82) is 0 Å². The fraction of sp³-hybridized carbons (Fsp3) is 0.417. The first-order chi connectivity index (χ1) is 16.2. The predicted octanol–water partition coefficient (Wildman–Crippen LogP) is 3.42. The number of carbonyl (C=O) groups is 2. The van der Waals surface area contributed by atoms with Crippen LogP contribution in [0.1, 0.15) is 37.3 Å². The Kier molecular flexibility index (Phi) is 6.99. The summed E-state index contributed by atoms with van der Waals surface area (Å²) in [7, 11) is -3.67. The number of fused-ring (bicyclic) bond motifs is 1. The van der Waals surface area contributed by atoms with Gasteiger partial charge in [-0.1, -0.05) is 12.1 Å². The number of nitrogens with one attached hydrogen (secondary N) is 1. The van der Waals surface area contributed by atoms with E-state index in [-0.39, 0.29) is 30.8 Å². The average Bonchev–Trinajstić information content (AvgIpc) is 3.29. The standard InChI is InChI=1S/C24H26F2N2O5S/c1-15(23(29)27-22-20(25)6-3-7-21(22)26)33-24(30)17-10-12-28(13-11-17)34(31,32)19-9-8-16-4-2-5-18(16)14-19/h3,6-9,14-15,17H,2,4-5,10-13H2,1H3,(H,27,29). The average molecular weight is 493 g/mol. The minimum absolute atomic E-state index is 0.153. The van der Waals surface area contributed by atoms with Crippen LogP contribution in [0.15, 0.2) is 41.3 Å². The van der Waals surface area contributed by atoms with E-state index in [1.807, 2.05) is 6.07 Å². The molecule has 1 unspecified atom stereocenters. The van der Waals surface area contributed by atoms with Crippen LogP contribution >= 0.6 is 0 Å². The molecule has 2 aliphatic rings. The van der Waals surface area contributed by atoms with Gasteiger partial charge in [0.25, 0.3) is 5.91 Å². The second-order valence-electron chi connectivity index (χ2n) is 8.63. The number of nitrogens with zero attached hydrogens (tertiary/aromatic N) is 1. The fourth-order valence-electron chi connectivity index (χ4n) is 4.36. The predicted molar refractivity (Wildman–Crippen MR) is 120 cm³/mol. The Hall–Kier alpha value is -2.85. The van der Waals surface area contributed by atoms with Gasteiger partial charge in [-0.15, -0.1) is 0 Å². The molecule has 1 N–H and O–H groups in total. The van der Waals surface area contributed by atoms with Crippen LogP contribution in [0.5, 0.6) is 0 Å². The fourth-order valence-corrected chi connectivity index (χ4v) is 5.88. The van der Waals surface area contributed by atoms with Gasteiger partial charge in [0.1, 0.15) is 17.3 Å². The molecule has 2 aromatic carbocycles. The summed E-state index contributed by atoms with van der Waals surface area (Å²) in [5, 5.41) is 2.10. The molecule has 1 fully saturated rings. The van der Waals surface area contributed by atoms with Crippen LogP contribution in [0, 0.1) is 17.6 Å². The summed E-state index contributed by atoms with van der Waals surface area (Å²) in [6.45, 7) is 1.61. The third-order valence-electron chi connectivity index (χ3n) is 6.37. The van der Waals surface area contributed by atoms with Crippen molar-refractivity contribution in [2.45, 2.75) is 50.0 Å². The number of rotatable bonds is 6. The molecule has 1 amide bonds. The summed E-state index contributed by atoms with van der Waals surface area (Å²) >= 11 is 0. The van der Waals surface area contributed by atoms with Crippen molar-refractivity contribution in [2.75, 3.05) is 18.4 Å². The van der Waals surface area contributed by atoms with Gasteiger partial charge in [-0.3, -0.25) is 9.59 Å². The molecule has 0 aromatic heterocycles. The monoisotopic (exact) mass is 492 g/mol. The number of carbonyl (C=O) groups excluding carboxylic acids is 2. The molecule has 4 rings (SSSR count). The smallest absolute Gasteiger partial charge is 0.309 e. The van der Waals surface area contributed by atoms with E-state index in [4.69, 9.17) is 4.74 Å². The zero-order valence-electron chi connectivity index (χ0n) is 18.7. The molecule has 0 saturated carbocycles. The summed E-state index contributed by atoms with van der Waals surface area (Å²) in [5.74, 6) is -3.97. The molecule has 1 saturated heterocycles. The van der Waals surface area contributed by atoms with Crippen LogP contribution in [0.3, 0.4) is 0 Å². The van der Waals surface area contributed by atoms with E-state index in [1.54, 1.807) is 12.1 Å². The number of benzene rings is 2.